The van der Waals surface area contributed by atoms with Gasteiger partial charge in [-0.2, -0.15) is 0 Å². The molecule has 1 aliphatic rings. The van der Waals surface area contributed by atoms with E-state index in [0.29, 0.717) is 16.6 Å². The van der Waals surface area contributed by atoms with Crippen molar-refractivity contribution in [1.29, 1.82) is 0 Å². The Morgan fingerprint density at radius 3 is 2.68 bits per heavy atom. The summed E-state index contributed by atoms with van der Waals surface area (Å²) in [6.45, 7) is 0. The number of tetrazole rings is 1. The fourth-order valence-corrected chi connectivity index (χ4v) is 3.27. The molecular weight excluding hydrogens is 382 g/mol. The zero-order chi connectivity index (χ0) is 19.3. The van der Waals surface area contributed by atoms with E-state index in [1.165, 1.54) is 23.4 Å². The number of ether oxygens (including phenoxy) is 1. The van der Waals surface area contributed by atoms with Gasteiger partial charge in [0.05, 0.1) is 23.1 Å². The first-order chi connectivity index (χ1) is 13.7. The molecule has 3 aromatic rings. The molecule has 10 heteroatoms. The average Bonchev–Trinajstić information content (AvgIpc) is 3.26. The monoisotopic (exact) mass is 399 g/mol. The number of hydrogen-bond acceptors (Lipinski definition) is 7. The summed E-state index contributed by atoms with van der Waals surface area (Å²) < 4.78 is 7.30. The topological polar surface area (TPSA) is 108 Å². The van der Waals surface area contributed by atoms with Crippen molar-refractivity contribution in [2.24, 2.45) is 0 Å². The highest BCUT2D eigenvalue weighted by Gasteiger charge is 2.24. The predicted octanol–water partition coefficient (Wildman–Crippen LogP) is 2.23. The molecule has 4 rings (SSSR count). The molecule has 0 unspecified atom stereocenters. The fraction of sp³-hybridized carbons (Fsp3) is 0.333. The Morgan fingerprint density at radius 2 is 1.96 bits per heavy atom. The van der Waals surface area contributed by atoms with Crippen LogP contribution in [0, 0.1) is 0 Å². The van der Waals surface area contributed by atoms with E-state index in [0.717, 1.165) is 31.4 Å². The Kier molecular flexibility index (Phi) is 5.43. The molecule has 144 valence electrons. The minimum Gasteiger partial charge on any atom is -0.460 e. The molecule has 1 aromatic carbocycles. The predicted molar refractivity (Wildman–Crippen MR) is 100 cm³/mol. The summed E-state index contributed by atoms with van der Waals surface area (Å²) in [7, 11) is 0. The van der Waals surface area contributed by atoms with E-state index < -0.39 is 0 Å². The van der Waals surface area contributed by atoms with Gasteiger partial charge in [-0.05, 0) is 54.3 Å². The van der Waals surface area contributed by atoms with Gasteiger partial charge >= 0.3 is 6.01 Å². The summed E-state index contributed by atoms with van der Waals surface area (Å²) in [6.07, 6.45) is 7.86. The number of benzene rings is 1. The van der Waals surface area contributed by atoms with E-state index in [9.17, 15) is 4.79 Å². The second-order valence-electron chi connectivity index (χ2n) is 6.55. The Morgan fingerprint density at radius 1 is 1.18 bits per heavy atom. The molecule has 0 bridgehead atoms. The third-order valence-electron chi connectivity index (χ3n) is 4.60. The largest absolute Gasteiger partial charge is 0.460 e. The summed E-state index contributed by atoms with van der Waals surface area (Å²) in [5, 5.41) is 14.6. The number of hydrogen-bond donors (Lipinski definition) is 1. The Labute approximate surface area is 166 Å². The maximum absolute atomic E-state index is 12.6. The van der Waals surface area contributed by atoms with Crippen LogP contribution in [0.2, 0.25) is 5.02 Å². The van der Waals surface area contributed by atoms with Gasteiger partial charge in [0.1, 0.15) is 12.4 Å². The standard InChI is InChI=1S/C18H18ClN7O2/c19-13-9-20-18(21-10-13)28-16-6-4-14(5-7-16)23-17(27)12-2-1-3-15(8-12)26-11-22-24-25-26/h1-3,8-11,14,16H,4-7H2,(H,23,27). The van der Waals surface area contributed by atoms with Gasteiger partial charge in [-0.1, -0.05) is 17.7 Å². The number of amides is 1. The first kappa shape index (κ1) is 18.3. The molecule has 0 saturated heterocycles. The van der Waals surface area contributed by atoms with Gasteiger partial charge in [0.2, 0.25) is 0 Å². The zero-order valence-electron chi connectivity index (χ0n) is 14.9. The van der Waals surface area contributed by atoms with Crippen molar-refractivity contribution in [3.05, 3.63) is 53.6 Å². The van der Waals surface area contributed by atoms with Gasteiger partial charge in [0, 0.05) is 11.6 Å². The average molecular weight is 400 g/mol. The van der Waals surface area contributed by atoms with Gasteiger partial charge < -0.3 is 10.1 Å². The Balaban J connectivity index is 1.30. The van der Waals surface area contributed by atoms with Gasteiger partial charge in [0.25, 0.3) is 5.91 Å². The SMILES string of the molecule is O=C(NC1CCC(Oc2ncc(Cl)cn2)CC1)c1cccc(-n2cnnn2)c1. The fourth-order valence-electron chi connectivity index (χ4n) is 3.17. The van der Waals surface area contributed by atoms with Crippen molar-refractivity contribution in [2.45, 2.75) is 37.8 Å². The molecule has 1 saturated carbocycles. The summed E-state index contributed by atoms with van der Waals surface area (Å²) in [4.78, 5) is 20.7. The number of aromatic nitrogens is 6. The van der Waals surface area contributed by atoms with Crippen LogP contribution in [0.5, 0.6) is 6.01 Å². The zero-order valence-corrected chi connectivity index (χ0v) is 15.7. The van der Waals surface area contributed by atoms with Crippen LogP contribution in [0.15, 0.2) is 43.0 Å². The van der Waals surface area contributed by atoms with Crippen LogP contribution >= 0.6 is 11.6 Å². The number of halogens is 1. The first-order valence-corrected chi connectivity index (χ1v) is 9.33. The minimum atomic E-state index is -0.111. The van der Waals surface area contributed by atoms with E-state index in [1.54, 1.807) is 12.1 Å². The summed E-state index contributed by atoms with van der Waals surface area (Å²) >= 11 is 5.78. The van der Waals surface area contributed by atoms with Crippen LogP contribution in [0.3, 0.4) is 0 Å². The number of rotatable bonds is 5. The number of nitrogens with zero attached hydrogens (tertiary/aromatic N) is 6. The molecule has 9 nitrogen and oxygen atoms in total. The van der Waals surface area contributed by atoms with Crippen molar-refractivity contribution in [3.8, 4) is 11.7 Å². The molecule has 1 fully saturated rings. The van der Waals surface area contributed by atoms with Crippen LogP contribution < -0.4 is 10.1 Å². The van der Waals surface area contributed by atoms with Gasteiger partial charge in [-0.3, -0.25) is 4.79 Å². The molecule has 28 heavy (non-hydrogen) atoms. The summed E-state index contributed by atoms with van der Waals surface area (Å²) in [5.74, 6) is -0.111. The third-order valence-corrected chi connectivity index (χ3v) is 4.80. The van der Waals surface area contributed by atoms with E-state index in [4.69, 9.17) is 16.3 Å². The Hall–Kier alpha value is -3.07. The minimum absolute atomic E-state index is 0.0393. The van der Waals surface area contributed by atoms with Crippen LogP contribution in [0.4, 0.5) is 0 Å². The van der Waals surface area contributed by atoms with E-state index in [2.05, 4.69) is 30.8 Å². The van der Waals surface area contributed by atoms with E-state index in [1.807, 2.05) is 12.1 Å². The molecule has 1 N–H and O–H groups in total. The van der Waals surface area contributed by atoms with Crippen LogP contribution in [-0.4, -0.2) is 48.2 Å². The van der Waals surface area contributed by atoms with E-state index >= 15 is 0 Å². The van der Waals surface area contributed by atoms with E-state index in [-0.39, 0.29) is 18.1 Å². The molecule has 2 aromatic heterocycles. The molecule has 0 radical (unpaired) electrons. The molecule has 2 heterocycles. The second kappa shape index (κ2) is 8.30. The first-order valence-electron chi connectivity index (χ1n) is 8.96. The molecule has 0 spiro atoms. The lowest BCUT2D eigenvalue weighted by Crippen LogP contribution is -2.39. The van der Waals surface area contributed by atoms with Crippen molar-refractivity contribution >= 4 is 17.5 Å². The third kappa shape index (κ3) is 4.42. The number of nitrogens with one attached hydrogen (secondary N) is 1. The molecule has 1 amide bonds. The molecule has 0 aliphatic heterocycles. The molecular formula is C18H18ClN7O2. The maximum Gasteiger partial charge on any atom is 0.316 e. The number of carbonyl (C=O) groups is 1. The molecule has 1 aliphatic carbocycles. The quantitative estimate of drug-likeness (QED) is 0.700. The van der Waals surface area contributed by atoms with Crippen LogP contribution in [0.25, 0.3) is 5.69 Å². The lowest BCUT2D eigenvalue weighted by Gasteiger charge is -2.28. The summed E-state index contributed by atoms with van der Waals surface area (Å²) in [6, 6.07) is 7.62. The summed E-state index contributed by atoms with van der Waals surface area (Å²) in [5.41, 5.74) is 1.30. The highest BCUT2D eigenvalue weighted by molar-refractivity contribution is 6.30. The van der Waals surface area contributed by atoms with Crippen molar-refractivity contribution < 1.29 is 9.53 Å². The normalized spacial score (nSPS) is 19.2. The number of carbonyl (C=O) groups excluding carboxylic acids is 1. The van der Waals surface area contributed by atoms with Crippen LogP contribution in [0.1, 0.15) is 36.0 Å². The van der Waals surface area contributed by atoms with Crippen molar-refractivity contribution in [3.63, 3.8) is 0 Å². The Bertz CT molecular complexity index is 925. The molecule has 0 atom stereocenters. The second-order valence-corrected chi connectivity index (χ2v) is 6.99. The van der Waals surface area contributed by atoms with Crippen LogP contribution in [-0.2, 0) is 0 Å². The maximum atomic E-state index is 12.6. The van der Waals surface area contributed by atoms with Crippen molar-refractivity contribution in [1.82, 2.24) is 35.5 Å². The van der Waals surface area contributed by atoms with Gasteiger partial charge in [-0.25, -0.2) is 14.6 Å². The van der Waals surface area contributed by atoms with Gasteiger partial charge in [0.15, 0.2) is 0 Å². The highest BCUT2D eigenvalue weighted by Crippen LogP contribution is 2.23. The lowest BCUT2D eigenvalue weighted by molar-refractivity contribution is 0.0885. The lowest BCUT2D eigenvalue weighted by atomic mass is 9.92. The smallest absolute Gasteiger partial charge is 0.316 e. The highest BCUT2D eigenvalue weighted by atomic mass is 35.5. The van der Waals surface area contributed by atoms with Gasteiger partial charge in [-0.15, -0.1) is 5.10 Å². The van der Waals surface area contributed by atoms with Crippen molar-refractivity contribution in [2.75, 3.05) is 0 Å².